The maximum atomic E-state index is 12.9. The van der Waals surface area contributed by atoms with Crippen LogP contribution in [0.4, 0.5) is 15.9 Å². The van der Waals surface area contributed by atoms with Crippen molar-refractivity contribution in [2.24, 2.45) is 0 Å². The second-order valence-electron chi connectivity index (χ2n) is 6.11. The summed E-state index contributed by atoms with van der Waals surface area (Å²) in [6.45, 7) is 4.44. The minimum atomic E-state index is -0.312. The third-order valence-electron chi connectivity index (χ3n) is 3.76. The lowest BCUT2D eigenvalue weighted by atomic mass is 10.1. The minimum Gasteiger partial charge on any atom is -0.365 e. The fourth-order valence-electron chi connectivity index (χ4n) is 2.58. The Bertz CT molecular complexity index is 888. The number of anilines is 2. The first-order valence-electron chi connectivity index (χ1n) is 8.21. The number of amides is 1. The average Bonchev–Trinajstić information content (AvgIpc) is 2.61. The van der Waals surface area contributed by atoms with Crippen LogP contribution in [-0.2, 0) is 6.54 Å². The molecule has 0 fully saturated rings. The van der Waals surface area contributed by atoms with Gasteiger partial charge in [0.15, 0.2) is 5.69 Å². The van der Waals surface area contributed by atoms with Crippen LogP contribution >= 0.6 is 0 Å². The summed E-state index contributed by atoms with van der Waals surface area (Å²) >= 11 is 0. The first-order valence-corrected chi connectivity index (χ1v) is 8.21. The molecule has 6 heteroatoms. The molecule has 0 bridgehead atoms. The molecule has 1 amide bonds. The van der Waals surface area contributed by atoms with E-state index >= 15 is 0 Å². The second kappa shape index (κ2) is 7.74. The van der Waals surface area contributed by atoms with Crippen molar-refractivity contribution < 1.29 is 9.18 Å². The molecular formula is C20H19FN4O. The largest absolute Gasteiger partial charge is 0.365 e. The molecule has 26 heavy (non-hydrogen) atoms. The molecule has 0 aliphatic heterocycles. The lowest BCUT2D eigenvalue weighted by Gasteiger charge is -2.08. The molecular weight excluding hydrogens is 331 g/mol. The van der Waals surface area contributed by atoms with Gasteiger partial charge >= 0.3 is 0 Å². The van der Waals surface area contributed by atoms with E-state index in [-0.39, 0.29) is 17.4 Å². The molecule has 0 unspecified atom stereocenters. The third-order valence-corrected chi connectivity index (χ3v) is 3.76. The number of benzene rings is 2. The van der Waals surface area contributed by atoms with Crippen molar-refractivity contribution in [1.29, 1.82) is 0 Å². The summed E-state index contributed by atoms with van der Waals surface area (Å²) in [6.07, 6.45) is 0. The number of carbonyl (C=O) groups is 1. The van der Waals surface area contributed by atoms with Gasteiger partial charge in [0.25, 0.3) is 5.91 Å². The summed E-state index contributed by atoms with van der Waals surface area (Å²) in [7, 11) is 0. The van der Waals surface area contributed by atoms with Crippen LogP contribution in [0.3, 0.4) is 0 Å². The number of carbonyl (C=O) groups excluding carboxylic acids is 1. The maximum absolute atomic E-state index is 12.9. The van der Waals surface area contributed by atoms with E-state index in [0.29, 0.717) is 12.4 Å². The van der Waals surface area contributed by atoms with Crippen LogP contribution in [0.5, 0.6) is 0 Å². The predicted octanol–water partition coefficient (Wildman–Crippen LogP) is 4.10. The first-order chi connectivity index (χ1) is 12.5. The third kappa shape index (κ3) is 4.63. The van der Waals surface area contributed by atoms with Crippen molar-refractivity contribution >= 4 is 17.4 Å². The molecule has 0 aliphatic carbocycles. The highest BCUT2D eigenvalue weighted by atomic mass is 19.1. The monoisotopic (exact) mass is 350 g/mol. The topological polar surface area (TPSA) is 66.9 Å². The summed E-state index contributed by atoms with van der Waals surface area (Å²) < 4.78 is 12.9. The molecule has 3 aromatic rings. The maximum Gasteiger partial charge on any atom is 0.276 e. The smallest absolute Gasteiger partial charge is 0.276 e. The number of aromatic nitrogens is 2. The zero-order valence-corrected chi connectivity index (χ0v) is 14.6. The van der Waals surface area contributed by atoms with E-state index in [0.717, 1.165) is 22.4 Å². The molecule has 0 saturated carbocycles. The number of aryl methyl sites for hydroxylation is 2. The van der Waals surface area contributed by atoms with Gasteiger partial charge in [-0.25, -0.2) is 4.39 Å². The highest BCUT2D eigenvalue weighted by molar-refractivity contribution is 6.02. The summed E-state index contributed by atoms with van der Waals surface area (Å²) in [6, 6.07) is 15.3. The van der Waals surface area contributed by atoms with Gasteiger partial charge in [0.1, 0.15) is 11.6 Å². The summed E-state index contributed by atoms with van der Waals surface area (Å²) in [5, 5.41) is 13.9. The normalized spacial score (nSPS) is 10.4. The molecule has 0 radical (unpaired) electrons. The van der Waals surface area contributed by atoms with E-state index in [1.54, 1.807) is 24.3 Å². The zero-order valence-electron chi connectivity index (χ0n) is 14.6. The van der Waals surface area contributed by atoms with Gasteiger partial charge < -0.3 is 10.6 Å². The van der Waals surface area contributed by atoms with Crippen molar-refractivity contribution in [2.45, 2.75) is 20.4 Å². The van der Waals surface area contributed by atoms with Gasteiger partial charge in [0.05, 0.1) is 0 Å². The minimum absolute atomic E-state index is 0.233. The van der Waals surface area contributed by atoms with Gasteiger partial charge in [0.2, 0.25) is 0 Å². The predicted molar refractivity (Wildman–Crippen MR) is 99.6 cm³/mol. The Labute approximate surface area is 151 Å². The van der Waals surface area contributed by atoms with Crippen LogP contribution in [0.25, 0.3) is 0 Å². The SMILES string of the molecule is Cc1cc(C)cc(NC(=O)c2ccc(NCc3ccc(F)cc3)nn2)c1. The number of hydrogen-bond donors (Lipinski definition) is 2. The molecule has 132 valence electrons. The Hall–Kier alpha value is -3.28. The molecule has 3 rings (SSSR count). The van der Waals surface area contributed by atoms with Crippen molar-refractivity contribution in [3.05, 3.63) is 82.8 Å². The molecule has 2 N–H and O–H groups in total. The van der Waals surface area contributed by atoms with Crippen molar-refractivity contribution in [2.75, 3.05) is 10.6 Å². The van der Waals surface area contributed by atoms with Gasteiger partial charge in [-0.2, -0.15) is 0 Å². The lowest BCUT2D eigenvalue weighted by Crippen LogP contribution is -2.15. The average molecular weight is 350 g/mol. The summed E-state index contributed by atoms with van der Waals surface area (Å²) in [4.78, 5) is 12.3. The zero-order chi connectivity index (χ0) is 18.5. The first kappa shape index (κ1) is 17.5. The number of rotatable bonds is 5. The van der Waals surface area contributed by atoms with Gasteiger partial charge in [-0.1, -0.05) is 18.2 Å². The van der Waals surface area contributed by atoms with Crippen molar-refractivity contribution in [3.63, 3.8) is 0 Å². The van der Waals surface area contributed by atoms with Gasteiger partial charge in [-0.3, -0.25) is 4.79 Å². The number of hydrogen-bond acceptors (Lipinski definition) is 4. The molecule has 1 heterocycles. The molecule has 2 aromatic carbocycles. The van der Waals surface area contributed by atoms with Crippen LogP contribution in [0.1, 0.15) is 27.2 Å². The molecule has 0 spiro atoms. The Morgan fingerprint density at radius 2 is 1.65 bits per heavy atom. The van der Waals surface area contributed by atoms with Crippen LogP contribution in [0.2, 0.25) is 0 Å². The van der Waals surface area contributed by atoms with Crippen LogP contribution in [0, 0.1) is 19.7 Å². The molecule has 0 atom stereocenters. The molecule has 5 nitrogen and oxygen atoms in total. The van der Waals surface area contributed by atoms with E-state index in [2.05, 4.69) is 20.8 Å². The number of nitrogens with zero attached hydrogens (tertiary/aromatic N) is 2. The van der Waals surface area contributed by atoms with Gasteiger partial charge in [0, 0.05) is 12.2 Å². The standard InChI is InChI=1S/C20H19FN4O/c1-13-9-14(2)11-17(10-13)23-20(26)18-7-8-19(25-24-18)22-12-15-3-5-16(21)6-4-15/h3-11H,12H2,1-2H3,(H,22,25)(H,23,26). The second-order valence-corrected chi connectivity index (χ2v) is 6.11. The Morgan fingerprint density at radius 3 is 2.27 bits per heavy atom. The molecule has 0 aliphatic rings. The quantitative estimate of drug-likeness (QED) is 0.727. The van der Waals surface area contributed by atoms with Crippen LogP contribution < -0.4 is 10.6 Å². The van der Waals surface area contributed by atoms with Crippen LogP contribution in [-0.4, -0.2) is 16.1 Å². The van der Waals surface area contributed by atoms with E-state index < -0.39 is 0 Å². The number of halogens is 1. The fraction of sp³-hybridized carbons (Fsp3) is 0.150. The fourth-order valence-corrected chi connectivity index (χ4v) is 2.58. The van der Waals surface area contributed by atoms with E-state index in [4.69, 9.17) is 0 Å². The molecule has 1 aromatic heterocycles. The highest BCUT2D eigenvalue weighted by Crippen LogP contribution is 2.15. The summed E-state index contributed by atoms with van der Waals surface area (Å²) in [5.74, 6) is -0.0439. The van der Waals surface area contributed by atoms with Gasteiger partial charge in [-0.15, -0.1) is 10.2 Å². The Kier molecular flexibility index (Phi) is 5.22. The molecule has 0 saturated heterocycles. The lowest BCUT2D eigenvalue weighted by molar-refractivity contribution is 0.102. The van der Waals surface area contributed by atoms with Crippen molar-refractivity contribution in [1.82, 2.24) is 10.2 Å². The van der Waals surface area contributed by atoms with Crippen LogP contribution in [0.15, 0.2) is 54.6 Å². The highest BCUT2D eigenvalue weighted by Gasteiger charge is 2.09. The Balaban J connectivity index is 1.61. The van der Waals surface area contributed by atoms with E-state index in [9.17, 15) is 9.18 Å². The van der Waals surface area contributed by atoms with Gasteiger partial charge in [-0.05, 0) is 66.9 Å². The summed E-state index contributed by atoms with van der Waals surface area (Å²) in [5.41, 5.74) is 4.03. The van der Waals surface area contributed by atoms with E-state index in [1.807, 2.05) is 32.0 Å². The Morgan fingerprint density at radius 1 is 0.962 bits per heavy atom. The van der Waals surface area contributed by atoms with Crippen molar-refractivity contribution in [3.8, 4) is 0 Å². The number of nitrogens with one attached hydrogen (secondary N) is 2. The van der Waals surface area contributed by atoms with E-state index in [1.165, 1.54) is 12.1 Å².